The number of furan rings is 1. The quantitative estimate of drug-likeness (QED) is 0.202. The van der Waals surface area contributed by atoms with E-state index in [-0.39, 0.29) is 44.8 Å². The van der Waals surface area contributed by atoms with E-state index in [9.17, 15) is 4.11 Å². The van der Waals surface area contributed by atoms with Crippen molar-refractivity contribution in [2.24, 2.45) is 0 Å². The van der Waals surface area contributed by atoms with Crippen LogP contribution >= 0.6 is 0 Å². The summed E-state index contributed by atoms with van der Waals surface area (Å²) < 4.78 is 103. The van der Waals surface area contributed by atoms with Gasteiger partial charge in [0.1, 0.15) is 11.2 Å². The second-order valence-electron chi connectivity index (χ2n) is 10.0. The summed E-state index contributed by atoms with van der Waals surface area (Å²) in [7, 11) is 0. The Hall–Kier alpha value is -5.40. The lowest BCUT2D eigenvalue weighted by Crippen LogP contribution is -1.91. The third-order valence-electron chi connectivity index (χ3n) is 7.91. The zero-order valence-corrected chi connectivity index (χ0v) is 21.4. The molecule has 9 aromatic rings. The number of benzene rings is 8. The first-order valence-electron chi connectivity index (χ1n) is 18.7. The van der Waals surface area contributed by atoms with Crippen LogP contribution in [0.2, 0.25) is 0 Å². The summed E-state index contributed by atoms with van der Waals surface area (Å²) in [4.78, 5) is 0. The van der Waals surface area contributed by atoms with Gasteiger partial charge in [-0.2, -0.15) is 0 Å². The number of hydrogen-bond donors (Lipinski definition) is 0. The molecule has 1 heterocycles. The minimum Gasteiger partial charge on any atom is -0.455 e. The van der Waals surface area contributed by atoms with Crippen molar-refractivity contribution in [1.29, 1.82) is 0 Å². The molecule has 190 valence electrons. The summed E-state index contributed by atoms with van der Waals surface area (Å²) in [5.74, 6) is 0. The highest BCUT2D eigenvalue weighted by atomic mass is 16.3. The Labute approximate surface area is 252 Å². The Morgan fingerprint density at radius 2 is 1.05 bits per heavy atom. The van der Waals surface area contributed by atoms with E-state index in [0.717, 1.165) is 26.9 Å². The zero-order valence-electron chi connectivity index (χ0n) is 32.4. The molecule has 0 atom stereocenters. The molecule has 0 fully saturated rings. The molecule has 8 aromatic carbocycles. The third-order valence-corrected chi connectivity index (χ3v) is 7.91. The highest BCUT2D eigenvalue weighted by Gasteiger charge is 2.21. The van der Waals surface area contributed by atoms with E-state index in [0.29, 0.717) is 27.7 Å². The van der Waals surface area contributed by atoms with E-state index in [1.54, 1.807) is 0 Å². The van der Waals surface area contributed by atoms with Crippen LogP contribution in [0.25, 0.3) is 87.3 Å². The molecule has 1 nitrogen and oxygen atoms in total. The topological polar surface area (TPSA) is 13.1 Å². The van der Waals surface area contributed by atoms with Crippen molar-refractivity contribution < 1.29 is 19.5 Å². The maximum atomic E-state index is 9.34. The van der Waals surface area contributed by atoms with Crippen LogP contribution in [0.15, 0.2) is 150 Å². The van der Waals surface area contributed by atoms with Crippen molar-refractivity contribution in [3.8, 4) is 22.3 Å². The van der Waals surface area contributed by atoms with Gasteiger partial charge in [-0.3, -0.25) is 0 Å². The highest BCUT2D eigenvalue weighted by molar-refractivity contribution is 6.28. The Morgan fingerprint density at radius 3 is 1.93 bits per heavy atom. The molecule has 41 heavy (non-hydrogen) atoms. The molecule has 0 aliphatic rings. The molecule has 1 heteroatoms. The average molecular weight is 532 g/mol. The van der Waals surface area contributed by atoms with Crippen molar-refractivity contribution >= 4 is 65.0 Å². The van der Waals surface area contributed by atoms with Gasteiger partial charge < -0.3 is 4.42 Å². The minimum atomic E-state index is -0.562. The minimum absolute atomic E-state index is 0.0307. The lowest BCUT2D eigenvalue weighted by Gasteiger charge is -2.19. The Bertz CT molecular complexity index is 3090. The lowest BCUT2D eigenvalue weighted by atomic mass is 9.84. The summed E-state index contributed by atoms with van der Waals surface area (Å²) in [6, 6.07) is 18.9. The van der Waals surface area contributed by atoms with Gasteiger partial charge in [0.15, 0.2) is 0 Å². The maximum absolute atomic E-state index is 9.34. The second kappa shape index (κ2) is 8.55. The summed E-state index contributed by atoms with van der Waals surface area (Å²) in [5, 5.41) is 5.15. The summed E-state index contributed by atoms with van der Waals surface area (Å²) in [6.07, 6.45) is 0. The lowest BCUT2D eigenvalue weighted by molar-refractivity contribution is 0.676. The number of rotatable bonds is 2. The van der Waals surface area contributed by atoms with E-state index >= 15 is 0 Å². The largest absolute Gasteiger partial charge is 0.455 e. The Balaban J connectivity index is 1.59. The van der Waals surface area contributed by atoms with Crippen molar-refractivity contribution in [1.82, 2.24) is 0 Å². The van der Waals surface area contributed by atoms with Crippen molar-refractivity contribution in [2.75, 3.05) is 0 Å². The first kappa shape index (κ1) is 14.3. The molecule has 0 amide bonds. The van der Waals surface area contributed by atoms with Gasteiger partial charge in [0.25, 0.3) is 0 Å². The van der Waals surface area contributed by atoms with Gasteiger partial charge in [-0.05, 0) is 66.7 Å². The molecule has 0 aliphatic carbocycles. The van der Waals surface area contributed by atoms with Gasteiger partial charge in [0.05, 0.1) is 15.1 Å². The molecule has 0 unspecified atom stereocenters. The maximum Gasteiger partial charge on any atom is 0.143 e. The second-order valence-corrected chi connectivity index (χ2v) is 10.0. The standard InChI is InChI=1S/C40H24O/c1-2-13-26(14-3-1)37-29-17-7-9-19-31(29)38(32-20-10-8-18-30(32)37)35-24-36-34-23-22-25-12-4-5-15-27(25)39(34)41-40(36)33-21-11-6-16-28(33)35/h1-24H/i1D,2D,3D,7D,8D,9D,10D,13D,17D,18D,19D. The van der Waals surface area contributed by atoms with Crippen molar-refractivity contribution in [3.05, 3.63) is 145 Å². The SMILES string of the molecule is [2H]c1cc(-c2c3c([2H])c([2H])c([2H])cc3c(-c3cc4c5ccc6ccccc6c5oc4c4ccccc34)c3c([2H])c([2H])c([2H])c([2H])c23)c([2H])c([2H])c1[2H]. The van der Waals surface area contributed by atoms with Crippen LogP contribution in [-0.4, -0.2) is 0 Å². The molecule has 0 N–H and O–H groups in total. The Kier molecular flexibility index (Phi) is 2.98. The molecule has 0 saturated carbocycles. The summed E-state index contributed by atoms with van der Waals surface area (Å²) in [6.45, 7) is 0. The average Bonchev–Trinajstić information content (AvgIpc) is 3.54. The van der Waals surface area contributed by atoms with E-state index in [2.05, 4.69) is 0 Å². The van der Waals surface area contributed by atoms with E-state index in [4.69, 9.17) is 15.4 Å². The molecule has 0 aliphatic heterocycles. The summed E-state index contributed by atoms with van der Waals surface area (Å²) in [5.41, 5.74) is 2.03. The zero-order chi connectivity index (χ0) is 36.5. The predicted molar refractivity (Wildman–Crippen MR) is 175 cm³/mol. The number of fused-ring (bicyclic) bond motifs is 9. The molecule has 0 saturated heterocycles. The van der Waals surface area contributed by atoms with Crippen LogP contribution in [0.5, 0.6) is 0 Å². The fraction of sp³-hybridized carbons (Fsp3) is 0. The highest BCUT2D eigenvalue weighted by Crippen LogP contribution is 2.48. The van der Waals surface area contributed by atoms with Gasteiger partial charge in [-0.25, -0.2) is 0 Å². The molecule has 9 rings (SSSR count). The predicted octanol–water partition coefficient (Wildman–Crippen LogP) is 11.5. The van der Waals surface area contributed by atoms with Gasteiger partial charge in [-0.1, -0.05) is 133 Å². The number of hydrogen-bond acceptors (Lipinski definition) is 1. The van der Waals surface area contributed by atoms with Crippen LogP contribution in [0, 0.1) is 0 Å². The fourth-order valence-corrected chi connectivity index (χ4v) is 6.18. The molecular formula is C40H24O. The smallest absolute Gasteiger partial charge is 0.143 e. The first-order chi connectivity index (χ1) is 24.9. The Morgan fingerprint density at radius 1 is 0.415 bits per heavy atom. The van der Waals surface area contributed by atoms with Crippen LogP contribution in [0.1, 0.15) is 15.1 Å². The monoisotopic (exact) mass is 531 g/mol. The molecule has 0 spiro atoms. The van der Waals surface area contributed by atoms with Crippen molar-refractivity contribution in [3.63, 3.8) is 0 Å². The van der Waals surface area contributed by atoms with E-state index < -0.39 is 54.4 Å². The fourth-order valence-electron chi connectivity index (χ4n) is 6.18. The van der Waals surface area contributed by atoms with Gasteiger partial charge in [0.2, 0.25) is 0 Å². The van der Waals surface area contributed by atoms with Gasteiger partial charge in [0, 0.05) is 21.5 Å². The third kappa shape index (κ3) is 3.18. The van der Waals surface area contributed by atoms with Crippen molar-refractivity contribution in [2.45, 2.75) is 0 Å². The van der Waals surface area contributed by atoms with E-state index in [1.165, 1.54) is 12.1 Å². The van der Waals surface area contributed by atoms with Gasteiger partial charge >= 0.3 is 0 Å². The van der Waals surface area contributed by atoms with Crippen LogP contribution < -0.4 is 0 Å². The van der Waals surface area contributed by atoms with E-state index in [1.807, 2.05) is 66.7 Å². The van der Waals surface area contributed by atoms with Crippen LogP contribution in [0.4, 0.5) is 0 Å². The van der Waals surface area contributed by atoms with Crippen LogP contribution in [-0.2, 0) is 0 Å². The van der Waals surface area contributed by atoms with Crippen LogP contribution in [0.3, 0.4) is 0 Å². The molecular weight excluding hydrogens is 496 g/mol. The van der Waals surface area contributed by atoms with Gasteiger partial charge in [-0.15, -0.1) is 0 Å². The summed E-state index contributed by atoms with van der Waals surface area (Å²) >= 11 is 0. The first-order valence-corrected chi connectivity index (χ1v) is 13.2. The molecule has 0 radical (unpaired) electrons. The normalized spacial score (nSPS) is 15.7. The molecule has 1 aromatic heterocycles. The molecule has 0 bridgehead atoms.